The van der Waals surface area contributed by atoms with Gasteiger partial charge in [0, 0.05) is 10.9 Å². The third kappa shape index (κ3) is 6.09. The number of hydrogen-bond acceptors (Lipinski definition) is 5. The normalized spacial score (nSPS) is 12.5. The summed E-state index contributed by atoms with van der Waals surface area (Å²) in [5, 5.41) is 8.54. The molecule has 2 rings (SSSR count). The summed E-state index contributed by atoms with van der Waals surface area (Å²) in [5.74, 6) is -0.175. The number of furan rings is 1. The zero-order valence-electron chi connectivity index (χ0n) is 13.6. The van der Waals surface area contributed by atoms with Crippen LogP contribution in [0.15, 0.2) is 42.2 Å². The van der Waals surface area contributed by atoms with Crippen LogP contribution >= 0.6 is 43.2 Å². The Hall–Kier alpha value is -1.45. The Morgan fingerprint density at radius 3 is 2.72 bits per heavy atom. The van der Waals surface area contributed by atoms with Gasteiger partial charge in [-0.15, -0.1) is 11.3 Å². The number of carbonyl (C=O) groups excluding carboxylic acids is 2. The van der Waals surface area contributed by atoms with Crippen molar-refractivity contribution in [3.63, 3.8) is 0 Å². The zero-order chi connectivity index (χ0) is 18.4. The molecular formula is C16H17Br2N3O3S. The van der Waals surface area contributed by atoms with Gasteiger partial charge in [0.25, 0.3) is 5.91 Å². The third-order valence-corrected chi connectivity index (χ3v) is 5.80. The van der Waals surface area contributed by atoms with Crippen LogP contribution in [-0.2, 0) is 16.0 Å². The molecule has 0 aliphatic heterocycles. The minimum absolute atomic E-state index is 0.0746. The molecule has 2 heterocycles. The molecule has 1 atom stereocenters. The summed E-state index contributed by atoms with van der Waals surface area (Å²) in [7, 11) is 0. The maximum atomic E-state index is 12.3. The molecule has 2 aromatic rings. The van der Waals surface area contributed by atoms with Gasteiger partial charge in [0.15, 0.2) is 4.67 Å². The molecule has 6 nitrogen and oxygen atoms in total. The fourth-order valence-corrected chi connectivity index (χ4v) is 3.30. The zero-order valence-corrected chi connectivity index (χ0v) is 17.6. The van der Waals surface area contributed by atoms with Gasteiger partial charge in [0.2, 0.25) is 5.91 Å². The van der Waals surface area contributed by atoms with Crippen molar-refractivity contribution in [2.45, 2.75) is 26.3 Å². The van der Waals surface area contributed by atoms with Gasteiger partial charge in [-0.2, -0.15) is 5.10 Å². The minimum Gasteiger partial charge on any atom is -0.447 e. The molecule has 0 aliphatic carbocycles. The second kappa shape index (κ2) is 9.30. The van der Waals surface area contributed by atoms with E-state index in [0.29, 0.717) is 10.4 Å². The predicted octanol–water partition coefficient (Wildman–Crippen LogP) is 3.70. The smallest absolute Gasteiger partial charge is 0.262 e. The molecule has 0 spiro atoms. The van der Waals surface area contributed by atoms with E-state index < -0.39 is 6.04 Å². The van der Waals surface area contributed by atoms with E-state index in [4.69, 9.17) is 4.42 Å². The number of nitrogens with one attached hydrogen (secondary N) is 2. The summed E-state index contributed by atoms with van der Waals surface area (Å²) < 4.78 is 6.62. The summed E-state index contributed by atoms with van der Waals surface area (Å²) in [6.45, 7) is 3.72. The Morgan fingerprint density at radius 1 is 1.40 bits per heavy atom. The van der Waals surface area contributed by atoms with Crippen LogP contribution in [0.2, 0.25) is 0 Å². The number of amides is 2. The number of thiophene rings is 1. The maximum absolute atomic E-state index is 12.3. The van der Waals surface area contributed by atoms with E-state index >= 15 is 0 Å². The van der Waals surface area contributed by atoms with Crippen LogP contribution in [0.3, 0.4) is 0 Å². The first-order chi connectivity index (χ1) is 11.9. The van der Waals surface area contributed by atoms with Crippen molar-refractivity contribution in [2.75, 3.05) is 0 Å². The molecule has 0 saturated heterocycles. The highest BCUT2D eigenvalue weighted by Crippen LogP contribution is 2.25. The topological polar surface area (TPSA) is 83.7 Å². The van der Waals surface area contributed by atoms with Crippen molar-refractivity contribution in [1.82, 2.24) is 10.7 Å². The average molecular weight is 491 g/mol. The van der Waals surface area contributed by atoms with Gasteiger partial charge in [0.05, 0.1) is 17.1 Å². The van der Waals surface area contributed by atoms with E-state index in [0.717, 1.165) is 9.35 Å². The van der Waals surface area contributed by atoms with Crippen molar-refractivity contribution < 1.29 is 14.0 Å². The van der Waals surface area contributed by atoms with E-state index in [1.807, 2.05) is 31.4 Å². The molecule has 0 aromatic carbocycles. The average Bonchev–Trinajstić information content (AvgIpc) is 3.15. The van der Waals surface area contributed by atoms with Gasteiger partial charge in [-0.05, 0) is 49.2 Å². The highest BCUT2D eigenvalue weighted by atomic mass is 79.9. The fraction of sp³-hybridized carbons (Fsp3) is 0.312. The number of hydrazone groups is 1. The van der Waals surface area contributed by atoms with Gasteiger partial charge < -0.3 is 9.73 Å². The Labute approximate surface area is 166 Å². The highest BCUT2D eigenvalue weighted by molar-refractivity contribution is 9.13. The molecule has 9 heteroatoms. The van der Waals surface area contributed by atoms with Crippen LogP contribution in [-0.4, -0.2) is 24.1 Å². The van der Waals surface area contributed by atoms with Crippen molar-refractivity contribution in [2.24, 2.45) is 11.0 Å². The van der Waals surface area contributed by atoms with Gasteiger partial charge in [-0.25, -0.2) is 5.43 Å². The quantitative estimate of drug-likeness (QED) is 0.458. The number of rotatable bonds is 7. The molecule has 0 fully saturated rings. The second-order valence-electron chi connectivity index (χ2n) is 5.55. The van der Waals surface area contributed by atoms with E-state index in [9.17, 15) is 9.59 Å². The number of hydrogen-bond donors (Lipinski definition) is 2. The lowest BCUT2D eigenvalue weighted by molar-refractivity contribution is -0.129. The van der Waals surface area contributed by atoms with Crippen molar-refractivity contribution >= 4 is 61.2 Å². The molecule has 0 radical (unpaired) electrons. The van der Waals surface area contributed by atoms with Crippen LogP contribution in [0.1, 0.15) is 24.5 Å². The largest absolute Gasteiger partial charge is 0.447 e. The van der Waals surface area contributed by atoms with Gasteiger partial charge in [-0.1, -0.05) is 19.9 Å². The molecule has 2 N–H and O–H groups in total. The van der Waals surface area contributed by atoms with Crippen LogP contribution in [0.25, 0.3) is 0 Å². The molecule has 0 saturated carbocycles. The lowest BCUT2D eigenvalue weighted by atomic mass is 10.0. The molecule has 0 unspecified atom stereocenters. The van der Waals surface area contributed by atoms with Crippen LogP contribution in [0, 0.1) is 5.92 Å². The lowest BCUT2D eigenvalue weighted by Gasteiger charge is -2.20. The Morgan fingerprint density at radius 2 is 2.16 bits per heavy atom. The minimum atomic E-state index is -0.667. The van der Waals surface area contributed by atoms with Crippen molar-refractivity contribution in [3.05, 3.63) is 43.4 Å². The Bertz CT molecular complexity index is 737. The Balaban J connectivity index is 1.91. The first-order valence-electron chi connectivity index (χ1n) is 7.46. The van der Waals surface area contributed by atoms with Crippen molar-refractivity contribution in [3.8, 4) is 0 Å². The van der Waals surface area contributed by atoms with Crippen LogP contribution in [0.4, 0.5) is 0 Å². The summed E-state index contributed by atoms with van der Waals surface area (Å²) in [4.78, 5) is 25.4. The third-order valence-electron chi connectivity index (χ3n) is 3.21. The summed E-state index contributed by atoms with van der Waals surface area (Å²) in [5.41, 5.74) is 2.43. The number of nitrogens with zero attached hydrogens (tertiary/aromatic N) is 1. The molecule has 134 valence electrons. The summed E-state index contributed by atoms with van der Waals surface area (Å²) in [6.07, 6.45) is 1.64. The van der Waals surface area contributed by atoms with E-state index in [1.54, 1.807) is 6.07 Å². The molecular weight excluding hydrogens is 474 g/mol. The molecule has 25 heavy (non-hydrogen) atoms. The van der Waals surface area contributed by atoms with Crippen LogP contribution < -0.4 is 10.7 Å². The monoisotopic (exact) mass is 489 g/mol. The summed E-state index contributed by atoms with van der Waals surface area (Å²) in [6, 6.07) is 4.82. The van der Waals surface area contributed by atoms with Gasteiger partial charge in [0.1, 0.15) is 11.8 Å². The fourth-order valence-electron chi connectivity index (χ4n) is 1.99. The van der Waals surface area contributed by atoms with Crippen LogP contribution in [0.5, 0.6) is 0 Å². The molecule has 2 aromatic heterocycles. The van der Waals surface area contributed by atoms with E-state index in [1.165, 1.54) is 17.6 Å². The summed E-state index contributed by atoms with van der Waals surface area (Å²) >= 11 is 8.02. The predicted molar refractivity (Wildman–Crippen MR) is 105 cm³/mol. The van der Waals surface area contributed by atoms with Gasteiger partial charge >= 0.3 is 0 Å². The van der Waals surface area contributed by atoms with Gasteiger partial charge in [-0.3, -0.25) is 9.59 Å². The standard InChI is InChI=1S/C16H17Br2N3O3S/c1-9(2)14(20-13(22)7-11-4-3-5-25-11)16(23)21-19-8-10-6-12(17)15(18)24-10/h3-6,8-9,14H,7H2,1-2H3,(H,20,22)(H,21,23)/b19-8+/t14-/m0/s1. The molecule has 0 aliphatic rings. The maximum Gasteiger partial charge on any atom is 0.262 e. The SMILES string of the molecule is CC(C)[C@H](NC(=O)Cc1cccs1)C(=O)N/N=C/c1cc(Br)c(Br)o1. The first kappa shape index (κ1) is 19.9. The lowest BCUT2D eigenvalue weighted by Crippen LogP contribution is -2.49. The second-order valence-corrected chi connectivity index (χ2v) is 8.16. The molecule has 0 bridgehead atoms. The first-order valence-corrected chi connectivity index (χ1v) is 9.93. The van der Waals surface area contributed by atoms with E-state index in [2.05, 4.69) is 47.7 Å². The molecule has 2 amide bonds. The number of halogens is 2. The number of carbonyl (C=O) groups is 2. The highest BCUT2D eigenvalue weighted by Gasteiger charge is 2.24. The van der Waals surface area contributed by atoms with E-state index in [-0.39, 0.29) is 24.2 Å². The van der Waals surface area contributed by atoms with Crippen molar-refractivity contribution in [1.29, 1.82) is 0 Å². The Kier molecular flexibility index (Phi) is 7.39.